The molecule has 0 bridgehead atoms. The van der Waals surface area contributed by atoms with E-state index in [0.717, 1.165) is 18.4 Å². The van der Waals surface area contributed by atoms with Gasteiger partial charge in [0.15, 0.2) is 11.6 Å². The molecule has 1 aromatic rings. The van der Waals surface area contributed by atoms with E-state index in [0.29, 0.717) is 18.7 Å². The van der Waals surface area contributed by atoms with Gasteiger partial charge in [0.05, 0.1) is 6.10 Å². The fourth-order valence-corrected chi connectivity index (χ4v) is 2.56. The zero-order valence-corrected chi connectivity index (χ0v) is 10.8. The van der Waals surface area contributed by atoms with Crippen molar-refractivity contribution in [2.75, 3.05) is 6.54 Å². The average molecular weight is 251 g/mol. The van der Waals surface area contributed by atoms with Crippen LogP contribution in [0.3, 0.4) is 0 Å². The summed E-state index contributed by atoms with van der Waals surface area (Å²) in [4.78, 5) is 0. The second-order valence-electron chi connectivity index (χ2n) is 5.00. The summed E-state index contributed by atoms with van der Waals surface area (Å²) in [5.41, 5.74) is 6.45. The lowest BCUT2D eigenvalue weighted by Gasteiger charge is -2.19. The van der Waals surface area contributed by atoms with Gasteiger partial charge >= 0.3 is 0 Å². The molecular weight excluding hydrogens is 229 g/mol. The normalized spacial score (nSPS) is 17.4. The predicted octanol–water partition coefficient (Wildman–Crippen LogP) is 3.43. The Kier molecular flexibility index (Phi) is 5.00. The molecule has 0 aliphatic heterocycles. The summed E-state index contributed by atoms with van der Waals surface area (Å²) in [6, 6.07) is 5.09. The van der Waals surface area contributed by atoms with Gasteiger partial charge in [-0.05, 0) is 50.3 Å². The fourth-order valence-electron chi connectivity index (χ4n) is 2.56. The van der Waals surface area contributed by atoms with E-state index < -0.39 is 0 Å². The Balaban J connectivity index is 2.10. The molecule has 2 nitrogen and oxygen atoms in total. The van der Waals surface area contributed by atoms with E-state index in [9.17, 15) is 4.39 Å². The molecular formula is C15H22FNO. The highest BCUT2D eigenvalue weighted by atomic mass is 19.1. The number of para-hydroxylation sites is 1. The number of halogens is 1. The lowest BCUT2D eigenvalue weighted by molar-refractivity contribution is 0.174. The molecule has 0 unspecified atom stereocenters. The molecule has 100 valence electrons. The first-order chi connectivity index (χ1) is 8.81. The molecule has 1 saturated carbocycles. The topological polar surface area (TPSA) is 35.2 Å². The average Bonchev–Trinajstić information content (AvgIpc) is 2.62. The Bertz CT molecular complexity index is 373. The number of hydrogen-bond donors (Lipinski definition) is 1. The van der Waals surface area contributed by atoms with E-state index in [1.165, 1.54) is 31.7 Å². The second-order valence-corrected chi connectivity index (χ2v) is 5.00. The molecule has 0 spiro atoms. The molecule has 1 fully saturated rings. The molecule has 0 radical (unpaired) electrons. The van der Waals surface area contributed by atoms with Gasteiger partial charge in [-0.25, -0.2) is 4.39 Å². The monoisotopic (exact) mass is 251 g/mol. The van der Waals surface area contributed by atoms with Gasteiger partial charge in [0.1, 0.15) is 0 Å². The van der Waals surface area contributed by atoms with Crippen molar-refractivity contribution in [3.8, 4) is 5.75 Å². The molecule has 0 aromatic heterocycles. The van der Waals surface area contributed by atoms with Gasteiger partial charge in [-0.1, -0.05) is 25.0 Å². The first-order valence-corrected chi connectivity index (χ1v) is 6.95. The molecule has 0 saturated heterocycles. The highest BCUT2D eigenvalue weighted by Gasteiger charge is 2.17. The summed E-state index contributed by atoms with van der Waals surface area (Å²) in [5.74, 6) is 0.167. The van der Waals surface area contributed by atoms with Crippen LogP contribution in [0.15, 0.2) is 18.2 Å². The number of hydrogen-bond acceptors (Lipinski definition) is 2. The van der Waals surface area contributed by atoms with Gasteiger partial charge in [-0.2, -0.15) is 0 Å². The molecule has 1 aliphatic carbocycles. The van der Waals surface area contributed by atoms with Gasteiger partial charge in [0.25, 0.3) is 0 Å². The van der Waals surface area contributed by atoms with Crippen LogP contribution in [0.5, 0.6) is 5.75 Å². The number of rotatable bonds is 4. The molecule has 0 atom stereocenters. The minimum absolute atomic E-state index is 0.168. The minimum atomic E-state index is -0.259. The Morgan fingerprint density at radius 2 is 1.89 bits per heavy atom. The third kappa shape index (κ3) is 3.45. The molecule has 3 heteroatoms. The highest BCUT2D eigenvalue weighted by molar-refractivity contribution is 5.35. The van der Waals surface area contributed by atoms with Gasteiger partial charge in [-0.3, -0.25) is 0 Å². The summed E-state index contributed by atoms with van der Waals surface area (Å²) in [6.07, 6.45) is 7.82. The highest BCUT2D eigenvalue weighted by Crippen LogP contribution is 2.28. The van der Waals surface area contributed by atoms with Crippen LogP contribution in [-0.2, 0) is 6.42 Å². The summed E-state index contributed by atoms with van der Waals surface area (Å²) >= 11 is 0. The fraction of sp³-hybridized carbons (Fsp3) is 0.600. The molecule has 1 aliphatic rings. The summed E-state index contributed by atoms with van der Waals surface area (Å²) in [6.45, 7) is 0.518. The van der Waals surface area contributed by atoms with Crippen molar-refractivity contribution in [3.05, 3.63) is 29.6 Å². The van der Waals surface area contributed by atoms with E-state index in [2.05, 4.69) is 0 Å². The summed E-state index contributed by atoms with van der Waals surface area (Å²) in [7, 11) is 0. The Morgan fingerprint density at radius 3 is 2.56 bits per heavy atom. The van der Waals surface area contributed by atoms with Crippen LogP contribution in [0, 0.1) is 5.82 Å². The summed E-state index contributed by atoms with van der Waals surface area (Å²) < 4.78 is 19.8. The Morgan fingerprint density at radius 1 is 1.17 bits per heavy atom. The van der Waals surface area contributed by atoms with Crippen LogP contribution in [0.1, 0.15) is 44.1 Å². The number of ether oxygens (including phenoxy) is 1. The molecule has 1 aromatic carbocycles. The minimum Gasteiger partial charge on any atom is -0.487 e. The van der Waals surface area contributed by atoms with E-state index >= 15 is 0 Å². The van der Waals surface area contributed by atoms with Crippen LogP contribution in [0.2, 0.25) is 0 Å². The summed E-state index contributed by atoms with van der Waals surface area (Å²) in [5, 5.41) is 0. The third-order valence-electron chi connectivity index (χ3n) is 3.55. The maximum Gasteiger partial charge on any atom is 0.165 e. The van der Waals surface area contributed by atoms with Crippen LogP contribution in [0.25, 0.3) is 0 Å². The second kappa shape index (κ2) is 6.74. The van der Waals surface area contributed by atoms with Gasteiger partial charge in [0, 0.05) is 0 Å². The van der Waals surface area contributed by atoms with E-state index in [4.69, 9.17) is 10.5 Å². The molecule has 2 N–H and O–H groups in total. The van der Waals surface area contributed by atoms with Crippen molar-refractivity contribution in [3.63, 3.8) is 0 Å². The molecule has 0 amide bonds. The number of nitrogens with two attached hydrogens (primary N) is 1. The van der Waals surface area contributed by atoms with E-state index in [-0.39, 0.29) is 11.9 Å². The van der Waals surface area contributed by atoms with Crippen molar-refractivity contribution in [1.29, 1.82) is 0 Å². The third-order valence-corrected chi connectivity index (χ3v) is 3.55. The van der Waals surface area contributed by atoms with Crippen LogP contribution in [0.4, 0.5) is 4.39 Å². The van der Waals surface area contributed by atoms with Crippen LogP contribution < -0.4 is 10.5 Å². The Labute approximate surface area is 108 Å². The predicted molar refractivity (Wildman–Crippen MR) is 71.3 cm³/mol. The van der Waals surface area contributed by atoms with Crippen molar-refractivity contribution >= 4 is 0 Å². The quantitative estimate of drug-likeness (QED) is 0.832. The first kappa shape index (κ1) is 13.3. The van der Waals surface area contributed by atoms with Gasteiger partial charge in [-0.15, -0.1) is 0 Å². The van der Waals surface area contributed by atoms with Crippen molar-refractivity contribution < 1.29 is 9.13 Å². The van der Waals surface area contributed by atoms with Crippen molar-refractivity contribution in [2.45, 2.75) is 51.0 Å². The lowest BCUT2D eigenvalue weighted by Crippen LogP contribution is -2.17. The van der Waals surface area contributed by atoms with Crippen LogP contribution >= 0.6 is 0 Å². The standard InChI is InChI=1S/C15H22FNO/c16-14-9-5-6-12(10-11-17)15(14)18-13-7-3-1-2-4-8-13/h5-6,9,13H,1-4,7-8,10-11,17H2. The van der Waals surface area contributed by atoms with Crippen molar-refractivity contribution in [1.82, 2.24) is 0 Å². The van der Waals surface area contributed by atoms with E-state index in [1.54, 1.807) is 6.07 Å². The van der Waals surface area contributed by atoms with Gasteiger partial charge in [0.2, 0.25) is 0 Å². The molecule has 2 rings (SSSR count). The van der Waals surface area contributed by atoms with Gasteiger partial charge < -0.3 is 10.5 Å². The lowest BCUT2D eigenvalue weighted by atomic mass is 10.1. The largest absolute Gasteiger partial charge is 0.487 e. The maximum atomic E-state index is 13.9. The zero-order valence-electron chi connectivity index (χ0n) is 10.8. The van der Waals surface area contributed by atoms with Crippen molar-refractivity contribution in [2.24, 2.45) is 5.73 Å². The maximum absolute atomic E-state index is 13.9. The molecule has 0 heterocycles. The number of benzene rings is 1. The first-order valence-electron chi connectivity index (χ1n) is 6.95. The Hall–Kier alpha value is -1.09. The smallest absolute Gasteiger partial charge is 0.165 e. The molecule has 18 heavy (non-hydrogen) atoms. The zero-order chi connectivity index (χ0) is 12.8. The SMILES string of the molecule is NCCc1cccc(F)c1OC1CCCCCC1. The van der Waals surface area contributed by atoms with Crippen LogP contribution in [-0.4, -0.2) is 12.6 Å². The van der Waals surface area contributed by atoms with E-state index in [1.807, 2.05) is 6.07 Å².